The fourth-order valence-electron chi connectivity index (χ4n) is 1.50. The maximum atomic E-state index is 11.9. The summed E-state index contributed by atoms with van der Waals surface area (Å²) in [5.74, 6) is 0.0628. The third kappa shape index (κ3) is 3.10. The summed E-state index contributed by atoms with van der Waals surface area (Å²) in [4.78, 5) is 11.9. The highest BCUT2D eigenvalue weighted by Gasteiger charge is 2.16. The summed E-state index contributed by atoms with van der Waals surface area (Å²) in [5.41, 5.74) is 6.50. The van der Waals surface area contributed by atoms with E-state index >= 15 is 0 Å². The Balaban J connectivity index is 2.92. The van der Waals surface area contributed by atoms with Gasteiger partial charge in [-0.25, -0.2) is 0 Å². The number of nitrogens with one attached hydrogen (secondary N) is 1. The van der Waals surface area contributed by atoms with E-state index in [4.69, 9.17) is 15.6 Å². The lowest BCUT2D eigenvalue weighted by Crippen LogP contribution is -2.37. The van der Waals surface area contributed by atoms with Crippen molar-refractivity contribution in [2.45, 2.75) is 19.4 Å². The van der Waals surface area contributed by atoms with Gasteiger partial charge in [-0.3, -0.25) is 4.79 Å². The first-order chi connectivity index (χ1) is 8.13. The van der Waals surface area contributed by atoms with E-state index < -0.39 is 0 Å². The summed E-state index contributed by atoms with van der Waals surface area (Å²) in [6.07, 6.45) is 0.660. The van der Waals surface area contributed by atoms with Crippen LogP contribution >= 0.6 is 0 Å². The molecule has 1 amide bonds. The number of hydrogen-bond donors (Lipinski definition) is 3. The van der Waals surface area contributed by atoms with Crippen molar-refractivity contribution in [1.82, 2.24) is 5.32 Å². The number of aliphatic hydroxyl groups excluding tert-OH is 1. The van der Waals surface area contributed by atoms with Crippen molar-refractivity contribution in [2.75, 3.05) is 19.5 Å². The molecule has 0 heterocycles. The zero-order chi connectivity index (χ0) is 12.8. The number of anilines is 1. The number of hydrogen-bond acceptors (Lipinski definition) is 4. The van der Waals surface area contributed by atoms with Gasteiger partial charge < -0.3 is 20.9 Å². The Morgan fingerprint density at radius 2 is 2.29 bits per heavy atom. The second-order valence-corrected chi connectivity index (χ2v) is 3.69. The molecule has 0 spiro atoms. The molecule has 5 nitrogen and oxygen atoms in total. The van der Waals surface area contributed by atoms with Crippen LogP contribution in [-0.4, -0.2) is 30.8 Å². The quantitative estimate of drug-likeness (QED) is 0.662. The summed E-state index contributed by atoms with van der Waals surface area (Å²) in [6, 6.07) is 4.73. The minimum atomic E-state index is -0.296. The Morgan fingerprint density at radius 3 is 2.82 bits per heavy atom. The predicted molar refractivity (Wildman–Crippen MR) is 66.0 cm³/mol. The van der Waals surface area contributed by atoms with Gasteiger partial charge in [0.25, 0.3) is 5.91 Å². The first kappa shape index (κ1) is 13.3. The molecule has 0 aliphatic heterocycles. The van der Waals surface area contributed by atoms with Crippen LogP contribution in [-0.2, 0) is 0 Å². The van der Waals surface area contributed by atoms with Gasteiger partial charge in [0.2, 0.25) is 0 Å². The van der Waals surface area contributed by atoms with E-state index in [-0.39, 0.29) is 18.6 Å². The van der Waals surface area contributed by atoms with Crippen molar-refractivity contribution in [3.8, 4) is 5.75 Å². The Morgan fingerprint density at radius 1 is 1.59 bits per heavy atom. The molecule has 17 heavy (non-hydrogen) atoms. The number of aliphatic hydroxyl groups is 1. The fraction of sp³-hybridized carbons (Fsp3) is 0.417. The first-order valence-electron chi connectivity index (χ1n) is 5.48. The van der Waals surface area contributed by atoms with Crippen LogP contribution in [0.15, 0.2) is 18.2 Å². The van der Waals surface area contributed by atoms with Crippen molar-refractivity contribution >= 4 is 11.6 Å². The minimum absolute atomic E-state index is 0.0904. The Hall–Kier alpha value is -1.75. The molecule has 5 heteroatoms. The largest absolute Gasteiger partial charge is 0.494 e. The molecule has 94 valence electrons. The molecular formula is C12H18N2O3. The Kier molecular flexibility index (Phi) is 4.78. The standard InChI is InChI=1S/C12H18N2O3/c1-3-8(7-15)14-12(16)9-5-4-6-10(13)11(9)17-2/h4-6,8,15H,3,7,13H2,1-2H3,(H,14,16)/t8-/m1/s1. The van der Waals surface area contributed by atoms with Crippen molar-refractivity contribution in [3.63, 3.8) is 0 Å². The van der Waals surface area contributed by atoms with Gasteiger partial charge in [-0.05, 0) is 18.6 Å². The maximum absolute atomic E-state index is 11.9. The van der Waals surface area contributed by atoms with Gasteiger partial charge in [0, 0.05) is 0 Å². The van der Waals surface area contributed by atoms with E-state index in [1.807, 2.05) is 6.92 Å². The SMILES string of the molecule is CC[C@H](CO)NC(=O)c1cccc(N)c1OC. The number of methoxy groups -OCH3 is 1. The third-order valence-electron chi connectivity index (χ3n) is 2.54. The molecule has 0 aromatic heterocycles. The number of amides is 1. The van der Waals surface area contributed by atoms with Gasteiger partial charge in [-0.1, -0.05) is 13.0 Å². The van der Waals surface area contributed by atoms with Crippen LogP contribution in [0, 0.1) is 0 Å². The molecular weight excluding hydrogens is 220 g/mol. The van der Waals surface area contributed by atoms with Gasteiger partial charge in [0.15, 0.2) is 5.75 Å². The summed E-state index contributed by atoms with van der Waals surface area (Å²) >= 11 is 0. The monoisotopic (exact) mass is 238 g/mol. The van der Waals surface area contributed by atoms with E-state index in [1.54, 1.807) is 18.2 Å². The third-order valence-corrected chi connectivity index (χ3v) is 2.54. The number of nitrogens with two attached hydrogens (primary N) is 1. The van der Waals surface area contributed by atoms with E-state index in [0.29, 0.717) is 23.4 Å². The van der Waals surface area contributed by atoms with E-state index in [0.717, 1.165) is 0 Å². The second-order valence-electron chi connectivity index (χ2n) is 3.69. The van der Waals surface area contributed by atoms with Gasteiger partial charge in [0.1, 0.15) is 0 Å². The molecule has 0 fully saturated rings. The van der Waals surface area contributed by atoms with E-state index in [1.165, 1.54) is 7.11 Å². The second kappa shape index (κ2) is 6.10. The Labute approximate surface area is 101 Å². The molecule has 0 aliphatic carbocycles. The van der Waals surface area contributed by atoms with Crippen LogP contribution in [0.25, 0.3) is 0 Å². The summed E-state index contributed by atoms with van der Waals surface area (Å²) in [6.45, 7) is 1.80. The highest BCUT2D eigenvalue weighted by molar-refractivity contribution is 5.98. The average Bonchev–Trinajstić information content (AvgIpc) is 2.35. The topological polar surface area (TPSA) is 84.6 Å². The zero-order valence-electron chi connectivity index (χ0n) is 10.1. The number of benzene rings is 1. The van der Waals surface area contributed by atoms with Crippen molar-refractivity contribution in [3.05, 3.63) is 23.8 Å². The van der Waals surface area contributed by atoms with Crippen molar-refractivity contribution in [2.24, 2.45) is 0 Å². The van der Waals surface area contributed by atoms with Crippen LogP contribution < -0.4 is 15.8 Å². The summed E-state index contributed by atoms with van der Waals surface area (Å²) < 4.78 is 5.10. The lowest BCUT2D eigenvalue weighted by molar-refractivity contribution is 0.0912. The molecule has 4 N–H and O–H groups in total. The molecule has 0 radical (unpaired) electrons. The normalized spacial score (nSPS) is 11.9. The summed E-state index contributed by atoms with van der Waals surface area (Å²) in [7, 11) is 1.46. The van der Waals surface area contributed by atoms with E-state index in [2.05, 4.69) is 5.32 Å². The molecule has 0 unspecified atom stereocenters. The van der Waals surface area contributed by atoms with Crippen LogP contribution in [0.2, 0.25) is 0 Å². The molecule has 1 rings (SSSR count). The molecule has 1 aromatic rings. The molecule has 0 saturated carbocycles. The zero-order valence-corrected chi connectivity index (χ0v) is 10.1. The lowest BCUT2D eigenvalue weighted by atomic mass is 10.1. The number of ether oxygens (including phenoxy) is 1. The van der Waals surface area contributed by atoms with Crippen LogP contribution in [0.4, 0.5) is 5.69 Å². The van der Waals surface area contributed by atoms with Gasteiger partial charge >= 0.3 is 0 Å². The highest BCUT2D eigenvalue weighted by Crippen LogP contribution is 2.25. The predicted octanol–water partition coefficient (Wildman–Crippen LogP) is 0.778. The fourth-order valence-corrected chi connectivity index (χ4v) is 1.50. The number of para-hydroxylation sites is 1. The van der Waals surface area contributed by atoms with Crippen LogP contribution in [0.1, 0.15) is 23.7 Å². The highest BCUT2D eigenvalue weighted by atomic mass is 16.5. The van der Waals surface area contributed by atoms with Crippen molar-refractivity contribution in [1.29, 1.82) is 0 Å². The minimum Gasteiger partial charge on any atom is -0.494 e. The molecule has 1 atom stereocenters. The number of carbonyl (C=O) groups excluding carboxylic acids is 1. The number of rotatable bonds is 5. The number of nitrogen functional groups attached to an aromatic ring is 1. The maximum Gasteiger partial charge on any atom is 0.255 e. The smallest absolute Gasteiger partial charge is 0.255 e. The van der Waals surface area contributed by atoms with Crippen LogP contribution in [0.3, 0.4) is 0 Å². The molecule has 0 aliphatic rings. The number of carbonyl (C=O) groups is 1. The molecule has 0 bridgehead atoms. The van der Waals surface area contributed by atoms with E-state index in [9.17, 15) is 4.79 Å². The average molecular weight is 238 g/mol. The van der Waals surface area contributed by atoms with Crippen molar-refractivity contribution < 1.29 is 14.6 Å². The van der Waals surface area contributed by atoms with Gasteiger partial charge in [0.05, 0.1) is 31.0 Å². The lowest BCUT2D eigenvalue weighted by Gasteiger charge is -2.16. The van der Waals surface area contributed by atoms with Crippen LogP contribution in [0.5, 0.6) is 5.75 Å². The summed E-state index contributed by atoms with van der Waals surface area (Å²) in [5, 5.41) is 11.7. The Bertz CT molecular complexity index is 389. The molecule has 0 saturated heterocycles. The van der Waals surface area contributed by atoms with Gasteiger partial charge in [-0.15, -0.1) is 0 Å². The van der Waals surface area contributed by atoms with Gasteiger partial charge in [-0.2, -0.15) is 0 Å². The first-order valence-corrected chi connectivity index (χ1v) is 5.48. The molecule has 1 aromatic carbocycles.